The van der Waals surface area contributed by atoms with Gasteiger partial charge in [0, 0.05) is 18.1 Å². The quantitative estimate of drug-likeness (QED) is 0.617. The van der Waals surface area contributed by atoms with E-state index < -0.39 is 0 Å². The molecule has 0 spiro atoms. The molecular formula is C12H10N4. The van der Waals surface area contributed by atoms with Crippen LogP contribution in [0.4, 0.5) is 0 Å². The van der Waals surface area contributed by atoms with Crippen LogP contribution in [-0.2, 0) is 0 Å². The molecule has 0 atom stereocenters. The maximum Gasteiger partial charge on any atom is 0.178 e. The maximum absolute atomic E-state index is 4.39. The standard InChI is InChI=1S/C12H10N4/c1-9-5-6-13-12(15-9)10-8-14-11-4-2-3-7-16(10)11/h2-8H,1H3. The highest BCUT2D eigenvalue weighted by atomic mass is 15.0. The monoisotopic (exact) mass is 210 g/mol. The average Bonchev–Trinajstić information content (AvgIpc) is 2.72. The molecule has 78 valence electrons. The van der Waals surface area contributed by atoms with Crippen molar-refractivity contribution in [3.8, 4) is 11.5 Å². The van der Waals surface area contributed by atoms with Gasteiger partial charge in [0.1, 0.15) is 11.3 Å². The number of imidazole rings is 1. The van der Waals surface area contributed by atoms with Gasteiger partial charge in [-0.05, 0) is 25.1 Å². The number of rotatable bonds is 1. The van der Waals surface area contributed by atoms with E-state index in [-0.39, 0.29) is 0 Å². The molecule has 0 aromatic carbocycles. The molecule has 0 fully saturated rings. The van der Waals surface area contributed by atoms with E-state index in [1.807, 2.05) is 41.8 Å². The summed E-state index contributed by atoms with van der Waals surface area (Å²) in [5.41, 5.74) is 2.78. The Bertz CT molecular complexity index is 642. The molecular weight excluding hydrogens is 200 g/mol. The zero-order valence-electron chi connectivity index (χ0n) is 8.83. The second-order valence-electron chi connectivity index (χ2n) is 3.59. The van der Waals surface area contributed by atoms with Crippen LogP contribution < -0.4 is 0 Å². The molecule has 0 aliphatic carbocycles. The Morgan fingerprint density at radius 2 is 2.06 bits per heavy atom. The van der Waals surface area contributed by atoms with Gasteiger partial charge in [0.05, 0.1) is 6.20 Å². The van der Waals surface area contributed by atoms with Crippen LogP contribution in [0.25, 0.3) is 17.2 Å². The lowest BCUT2D eigenvalue weighted by atomic mass is 10.4. The highest BCUT2D eigenvalue weighted by Crippen LogP contribution is 2.16. The molecule has 3 aromatic heterocycles. The summed E-state index contributed by atoms with van der Waals surface area (Å²) in [5.74, 6) is 0.707. The Labute approximate surface area is 92.6 Å². The van der Waals surface area contributed by atoms with Gasteiger partial charge in [-0.3, -0.25) is 4.40 Å². The van der Waals surface area contributed by atoms with Crippen LogP contribution in [0.5, 0.6) is 0 Å². The summed E-state index contributed by atoms with van der Waals surface area (Å²) in [7, 11) is 0. The Balaban J connectivity index is 2.26. The lowest BCUT2D eigenvalue weighted by Crippen LogP contribution is -1.94. The van der Waals surface area contributed by atoms with Crippen molar-refractivity contribution in [2.24, 2.45) is 0 Å². The first-order valence-electron chi connectivity index (χ1n) is 5.07. The molecule has 3 rings (SSSR count). The van der Waals surface area contributed by atoms with Crippen LogP contribution in [0.15, 0.2) is 42.9 Å². The second kappa shape index (κ2) is 3.41. The minimum absolute atomic E-state index is 0.707. The van der Waals surface area contributed by atoms with Gasteiger partial charge in [-0.25, -0.2) is 15.0 Å². The Kier molecular flexibility index (Phi) is 1.93. The molecule has 0 unspecified atom stereocenters. The van der Waals surface area contributed by atoms with Crippen molar-refractivity contribution in [1.29, 1.82) is 0 Å². The van der Waals surface area contributed by atoms with E-state index >= 15 is 0 Å². The number of hydrogen-bond acceptors (Lipinski definition) is 3. The van der Waals surface area contributed by atoms with E-state index in [4.69, 9.17) is 0 Å². The number of aryl methyl sites for hydroxylation is 1. The normalized spacial score (nSPS) is 10.8. The highest BCUT2D eigenvalue weighted by molar-refractivity contribution is 5.56. The first-order valence-corrected chi connectivity index (χ1v) is 5.07. The number of pyridine rings is 1. The number of nitrogens with zero attached hydrogens (tertiary/aromatic N) is 4. The van der Waals surface area contributed by atoms with Gasteiger partial charge in [0.2, 0.25) is 0 Å². The Morgan fingerprint density at radius 1 is 1.12 bits per heavy atom. The molecule has 0 bridgehead atoms. The summed E-state index contributed by atoms with van der Waals surface area (Å²) in [6.07, 6.45) is 5.52. The fourth-order valence-electron chi connectivity index (χ4n) is 1.67. The Hall–Kier alpha value is -2.23. The highest BCUT2D eigenvalue weighted by Gasteiger charge is 2.07. The fraction of sp³-hybridized carbons (Fsp3) is 0.0833. The molecule has 0 N–H and O–H groups in total. The van der Waals surface area contributed by atoms with E-state index in [2.05, 4.69) is 15.0 Å². The van der Waals surface area contributed by atoms with Crippen molar-refractivity contribution >= 4 is 5.65 Å². The zero-order chi connectivity index (χ0) is 11.0. The smallest absolute Gasteiger partial charge is 0.178 e. The summed E-state index contributed by atoms with van der Waals surface area (Å²) in [6, 6.07) is 7.77. The van der Waals surface area contributed by atoms with Gasteiger partial charge in [0.15, 0.2) is 5.82 Å². The summed E-state index contributed by atoms with van der Waals surface area (Å²) in [5, 5.41) is 0. The van der Waals surface area contributed by atoms with Crippen LogP contribution in [0, 0.1) is 6.92 Å². The topological polar surface area (TPSA) is 43.1 Å². The van der Waals surface area contributed by atoms with E-state index in [1.165, 1.54) is 0 Å². The summed E-state index contributed by atoms with van der Waals surface area (Å²) >= 11 is 0. The molecule has 0 saturated carbocycles. The van der Waals surface area contributed by atoms with Crippen molar-refractivity contribution in [2.45, 2.75) is 6.92 Å². The van der Waals surface area contributed by atoms with Crippen molar-refractivity contribution in [2.75, 3.05) is 0 Å². The van der Waals surface area contributed by atoms with Gasteiger partial charge in [-0.1, -0.05) is 6.07 Å². The van der Waals surface area contributed by atoms with Gasteiger partial charge >= 0.3 is 0 Å². The van der Waals surface area contributed by atoms with Gasteiger partial charge in [0.25, 0.3) is 0 Å². The number of aromatic nitrogens is 4. The lowest BCUT2D eigenvalue weighted by molar-refractivity contribution is 1.07. The fourth-order valence-corrected chi connectivity index (χ4v) is 1.67. The van der Waals surface area contributed by atoms with Crippen LogP contribution in [0.1, 0.15) is 5.69 Å². The van der Waals surface area contributed by atoms with Crippen molar-refractivity contribution in [3.63, 3.8) is 0 Å². The Morgan fingerprint density at radius 3 is 2.94 bits per heavy atom. The number of hydrogen-bond donors (Lipinski definition) is 0. The minimum Gasteiger partial charge on any atom is -0.297 e. The molecule has 3 aromatic rings. The predicted molar refractivity (Wildman–Crippen MR) is 61.0 cm³/mol. The van der Waals surface area contributed by atoms with E-state index in [0.717, 1.165) is 17.0 Å². The molecule has 0 aliphatic rings. The van der Waals surface area contributed by atoms with Crippen molar-refractivity contribution in [3.05, 3.63) is 48.5 Å². The van der Waals surface area contributed by atoms with E-state index in [1.54, 1.807) is 12.4 Å². The second-order valence-corrected chi connectivity index (χ2v) is 3.59. The van der Waals surface area contributed by atoms with E-state index in [0.29, 0.717) is 5.82 Å². The zero-order valence-corrected chi connectivity index (χ0v) is 8.83. The first kappa shape index (κ1) is 9.03. The molecule has 0 radical (unpaired) electrons. The third-order valence-electron chi connectivity index (χ3n) is 2.44. The van der Waals surface area contributed by atoms with Crippen molar-refractivity contribution < 1.29 is 0 Å². The van der Waals surface area contributed by atoms with Crippen LogP contribution in [0.2, 0.25) is 0 Å². The predicted octanol–water partition coefficient (Wildman–Crippen LogP) is 2.10. The average molecular weight is 210 g/mol. The van der Waals surface area contributed by atoms with Gasteiger partial charge in [-0.15, -0.1) is 0 Å². The lowest BCUT2D eigenvalue weighted by Gasteiger charge is -2.00. The summed E-state index contributed by atoms with van der Waals surface area (Å²) < 4.78 is 1.98. The molecule has 4 heteroatoms. The molecule has 0 aliphatic heterocycles. The third kappa shape index (κ3) is 1.35. The SMILES string of the molecule is Cc1ccnc(-c2cnc3ccccn23)n1. The maximum atomic E-state index is 4.39. The summed E-state index contributed by atoms with van der Waals surface area (Å²) in [4.78, 5) is 13.0. The molecule has 3 heterocycles. The van der Waals surface area contributed by atoms with Crippen LogP contribution in [-0.4, -0.2) is 19.4 Å². The molecule has 0 amide bonds. The molecule has 4 nitrogen and oxygen atoms in total. The summed E-state index contributed by atoms with van der Waals surface area (Å²) in [6.45, 7) is 1.95. The number of fused-ring (bicyclic) bond motifs is 1. The first-order chi connectivity index (χ1) is 7.84. The molecule has 0 saturated heterocycles. The van der Waals surface area contributed by atoms with Gasteiger partial charge in [-0.2, -0.15) is 0 Å². The minimum atomic E-state index is 0.707. The largest absolute Gasteiger partial charge is 0.297 e. The van der Waals surface area contributed by atoms with E-state index in [9.17, 15) is 0 Å². The third-order valence-corrected chi connectivity index (χ3v) is 2.44. The van der Waals surface area contributed by atoms with Crippen LogP contribution in [0.3, 0.4) is 0 Å². The van der Waals surface area contributed by atoms with Crippen molar-refractivity contribution in [1.82, 2.24) is 19.4 Å². The van der Waals surface area contributed by atoms with Gasteiger partial charge < -0.3 is 0 Å². The molecule has 16 heavy (non-hydrogen) atoms. The van der Waals surface area contributed by atoms with Crippen LogP contribution >= 0.6 is 0 Å².